The fourth-order valence-electron chi connectivity index (χ4n) is 2.78. The molecular formula is C19H21ClN2. The lowest BCUT2D eigenvalue weighted by Crippen LogP contribution is -2.11. The van der Waals surface area contributed by atoms with Gasteiger partial charge in [0.15, 0.2) is 0 Å². The second-order valence-electron chi connectivity index (χ2n) is 5.67. The van der Waals surface area contributed by atoms with Crippen LogP contribution in [-0.2, 0) is 0 Å². The molecule has 114 valence electrons. The topological polar surface area (TPSA) is 16.1 Å². The molecule has 2 aromatic carbocycles. The van der Waals surface area contributed by atoms with Gasteiger partial charge in [0.05, 0.1) is 5.52 Å². The monoisotopic (exact) mass is 312 g/mol. The van der Waals surface area contributed by atoms with E-state index in [9.17, 15) is 0 Å². The van der Waals surface area contributed by atoms with Crippen molar-refractivity contribution in [1.82, 2.24) is 4.98 Å². The van der Waals surface area contributed by atoms with Gasteiger partial charge < -0.3 is 4.90 Å². The number of para-hydroxylation sites is 1. The molecule has 0 aliphatic heterocycles. The first-order valence-corrected chi connectivity index (χ1v) is 7.23. The van der Waals surface area contributed by atoms with Crippen molar-refractivity contribution < 1.29 is 0 Å². The SMILES string of the molecule is Cc1cc(C)c2nc(N(C)c3ccccc3)cc(C)c2c1.Cl. The van der Waals surface area contributed by atoms with Crippen LogP contribution in [0.1, 0.15) is 16.7 Å². The van der Waals surface area contributed by atoms with Crippen LogP contribution in [0.5, 0.6) is 0 Å². The molecule has 0 unspecified atom stereocenters. The van der Waals surface area contributed by atoms with Crippen molar-refractivity contribution in [3.05, 3.63) is 65.2 Å². The molecule has 0 spiro atoms. The number of aryl methyl sites for hydroxylation is 3. The van der Waals surface area contributed by atoms with Crippen LogP contribution in [0.2, 0.25) is 0 Å². The summed E-state index contributed by atoms with van der Waals surface area (Å²) in [5.74, 6) is 0.984. The third-order valence-electron chi connectivity index (χ3n) is 3.93. The van der Waals surface area contributed by atoms with Crippen LogP contribution in [0.4, 0.5) is 11.5 Å². The van der Waals surface area contributed by atoms with E-state index in [0.29, 0.717) is 0 Å². The van der Waals surface area contributed by atoms with Gasteiger partial charge in [0.1, 0.15) is 5.82 Å². The number of anilines is 2. The molecule has 0 aliphatic rings. The third-order valence-corrected chi connectivity index (χ3v) is 3.93. The van der Waals surface area contributed by atoms with Crippen LogP contribution in [0.3, 0.4) is 0 Å². The Morgan fingerprint density at radius 3 is 2.23 bits per heavy atom. The predicted molar refractivity (Wildman–Crippen MR) is 97.7 cm³/mol. The predicted octanol–water partition coefficient (Wildman–Crippen LogP) is 5.35. The van der Waals surface area contributed by atoms with Crippen molar-refractivity contribution in [3.63, 3.8) is 0 Å². The lowest BCUT2D eigenvalue weighted by atomic mass is 10.0. The smallest absolute Gasteiger partial charge is 0.133 e. The van der Waals surface area contributed by atoms with Gasteiger partial charge in [0.25, 0.3) is 0 Å². The minimum Gasteiger partial charge on any atom is -0.329 e. The molecule has 0 N–H and O–H groups in total. The maximum absolute atomic E-state index is 4.88. The van der Waals surface area contributed by atoms with Gasteiger partial charge in [-0.25, -0.2) is 4.98 Å². The van der Waals surface area contributed by atoms with Crippen molar-refractivity contribution in [2.24, 2.45) is 0 Å². The minimum absolute atomic E-state index is 0. The van der Waals surface area contributed by atoms with Gasteiger partial charge in [0, 0.05) is 18.1 Å². The first-order valence-electron chi connectivity index (χ1n) is 7.23. The summed E-state index contributed by atoms with van der Waals surface area (Å²) in [6, 6.07) is 16.9. The highest BCUT2D eigenvalue weighted by Crippen LogP contribution is 2.28. The maximum atomic E-state index is 4.88. The Labute approximate surface area is 138 Å². The molecule has 1 aromatic heterocycles. The highest BCUT2D eigenvalue weighted by atomic mass is 35.5. The van der Waals surface area contributed by atoms with Crippen LogP contribution < -0.4 is 4.90 Å². The molecule has 0 bridgehead atoms. The fourth-order valence-corrected chi connectivity index (χ4v) is 2.78. The van der Waals surface area contributed by atoms with Crippen LogP contribution in [0.25, 0.3) is 10.9 Å². The second-order valence-corrected chi connectivity index (χ2v) is 5.67. The molecule has 3 heteroatoms. The summed E-state index contributed by atoms with van der Waals surface area (Å²) in [7, 11) is 2.06. The molecule has 0 saturated heterocycles. The molecule has 0 saturated carbocycles. The van der Waals surface area contributed by atoms with Crippen molar-refractivity contribution in [3.8, 4) is 0 Å². The van der Waals surface area contributed by atoms with E-state index in [1.54, 1.807) is 0 Å². The summed E-state index contributed by atoms with van der Waals surface area (Å²) >= 11 is 0. The molecule has 3 rings (SSSR count). The lowest BCUT2D eigenvalue weighted by molar-refractivity contribution is 1.14. The Morgan fingerprint density at radius 2 is 1.55 bits per heavy atom. The quantitative estimate of drug-likeness (QED) is 0.634. The number of benzene rings is 2. The van der Waals surface area contributed by atoms with E-state index in [1.165, 1.54) is 22.1 Å². The zero-order valence-electron chi connectivity index (χ0n) is 13.4. The highest BCUT2D eigenvalue weighted by molar-refractivity contribution is 5.87. The Bertz CT molecular complexity index is 797. The number of rotatable bonds is 2. The van der Waals surface area contributed by atoms with Crippen LogP contribution >= 0.6 is 12.4 Å². The van der Waals surface area contributed by atoms with Gasteiger partial charge in [-0.3, -0.25) is 0 Å². The normalized spacial score (nSPS) is 10.4. The van der Waals surface area contributed by atoms with Crippen LogP contribution in [0, 0.1) is 20.8 Å². The Kier molecular flexibility index (Phi) is 4.72. The van der Waals surface area contributed by atoms with Crippen LogP contribution in [0.15, 0.2) is 48.5 Å². The lowest BCUT2D eigenvalue weighted by Gasteiger charge is -2.20. The zero-order valence-corrected chi connectivity index (χ0v) is 14.2. The van der Waals surface area contributed by atoms with E-state index in [-0.39, 0.29) is 12.4 Å². The summed E-state index contributed by atoms with van der Waals surface area (Å²) < 4.78 is 0. The standard InChI is InChI=1S/C19H20N2.ClH/c1-13-10-15(3)19-17(11-13)14(2)12-18(20-19)21(4)16-8-6-5-7-9-16;/h5-12H,1-4H3;1H. The van der Waals surface area contributed by atoms with Gasteiger partial charge in [-0.1, -0.05) is 29.8 Å². The average Bonchev–Trinajstić information content (AvgIpc) is 2.48. The Hall–Kier alpha value is -2.06. The molecule has 0 amide bonds. The van der Waals surface area contributed by atoms with E-state index >= 15 is 0 Å². The summed E-state index contributed by atoms with van der Waals surface area (Å²) in [5, 5.41) is 1.25. The molecule has 2 nitrogen and oxygen atoms in total. The van der Waals surface area contributed by atoms with Crippen molar-refractivity contribution in [2.75, 3.05) is 11.9 Å². The molecule has 0 radical (unpaired) electrons. The van der Waals surface area contributed by atoms with Crippen LogP contribution in [-0.4, -0.2) is 12.0 Å². The molecule has 3 aromatic rings. The second kappa shape index (κ2) is 6.37. The van der Waals surface area contributed by atoms with E-state index < -0.39 is 0 Å². The van der Waals surface area contributed by atoms with Crippen molar-refractivity contribution in [1.29, 1.82) is 0 Å². The van der Waals surface area contributed by atoms with E-state index in [1.807, 2.05) is 18.2 Å². The largest absolute Gasteiger partial charge is 0.329 e. The van der Waals surface area contributed by atoms with Gasteiger partial charge >= 0.3 is 0 Å². The van der Waals surface area contributed by atoms with E-state index in [4.69, 9.17) is 4.98 Å². The number of aromatic nitrogens is 1. The van der Waals surface area contributed by atoms with E-state index in [2.05, 4.69) is 63.1 Å². The number of fused-ring (bicyclic) bond motifs is 1. The third kappa shape index (κ3) is 2.93. The number of pyridine rings is 1. The van der Waals surface area contributed by atoms with Gasteiger partial charge in [-0.05, 0) is 56.2 Å². The van der Waals surface area contributed by atoms with E-state index in [0.717, 1.165) is 17.0 Å². The first-order chi connectivity index (χ1) is 10.1. The number of nitrogens with zero attached hydrogens (tertiary/aromatic N) is 2. The zero-order chi connectivity index (χ0) is 15.0. The first kappa shape index (κ1) is 16.3. The molecule has 0 fully saturated rings. The van der Waals surface area contributed by atoms with Gasteiger partial charge in [0.2, 0.25) is 0 Å². The van der Waals surface area contributed by atoms with Gasteiger partial charge in [-0.15, -0.1) is 12.4 Å². The Morgan fingerprint density at radius 1 is 0.864 bits per heavy atom. The number of hydrogen-bond acceptors (Lipinski definition) is 2. The molecule has 0 aliphatic carbocycles. The van der Waals surface area contributed by atoms with Crippen molar-refractivity contribution >= 4 is 34.8 Å². The number of hydrogen-bond donors (Lipinski definition) is 0. The summed E-state index contributed by atoms with van der Waals surface area (Å²) in [5.41, 5.74) is 6.03. The fraction of sp³-hybridized carbons (Fsp3) is 0.211. The molecule has 0 atom stereocenters. The average molecular weight is 313 g/mol. The highest BCUT2D eigenvalue weighted by Gasteiger charge is 2.10. The molecule has 1 heterocycles. The Balaban J connectivity index is 0.00000176. The van der Waals surface area contributed by atoms with Crippen molar-refractivity contribution in [2.45, 2.75) is 20.8 Å². The summed E-state index contributed by atoms with van der Waals surface area (Å²) in [6.07, 6.45) is 0. The molecular weight excluding hydrogens is 292 g/mol. The summed E-state index contributed by atoms with van der Waals surface area (Å²) in [4.78, 5) is 7.01. The minimum atomic E-state index is 0. The van der Waals surface area contributed by atoms with Gasteiger partial charge in [-0.2, -0.15) is 0 Å². The molecule has 22 heavy (non-hydrogen) atoms. The summed E-state index contributed by atoms with van der Waals surface area (Å²) in [6.45, 7) is 6.43. The maximum Gasteiger partial charge on any atom is 0.133 e. The number of halogens is 1.